The van der Waals surface area contributed by atoms with Crippen LogP contribution in [0.4, 0.5) is 0 Å². The molecule has 4 nitrogen and oxygen atoms in total. The number of nitrogens with zero attached hydrogens (tertiary/aromatic N) is 2. The molecule has 2 rings (SSSR count). The lowest BCUT2D eigenvalue weighted by molar-refractivity contribution is 0.206. The SMILES string of the molecule is C#CC(NC(N)=NC1CCN(Cc2ccccc2)CC1)C(C)(C)C. The fourth-order valence-electron chi connectivity index (χ4n) is 2.94. The fourth-order valence-corrected chi connectivity index (χ4v) is 2.94. The predicted octanol–water partition coefficient (Wildman–Crippen LogP) is 2.60. The van der Waals surface area contributed by atoms with Crippen LogP contribution in [0.15, 0.2) is 35.3 Å². The molecule has 24 heavy (non-hydrogen) atoms. The van der Waals surface area contributed by atoms with Gasteiger partial charge in [0, 0.05) is 19.6 Å². The first-order chi connectivity index (χ1) is 11.4. The molecule has 1 fully saturated rings. The zero-order valence-corrected chi connectivity index (χ0v) is 15.1. The molecule has 0 aliphatic carbocycles. The molecule has 130 valence electrons. The zero-order chi connectivity index (χ0) is 17.6. The van der Waals surface area contributed by atoms with Crippen LogP contribution in [0.3, 0.4) is 0 Å². The molecule has 0 saturated carbocycles. The second kappa shape index (κ2) is 8.21. The van der Waals surface area contributed by atoms with E-state index < -0.39 is 0 Å². The normalized spacial score (nSPS) is 18.8. The van der Waals surface area contributed by atoms with E-state index in [0.717, 1.165) is 32.5 Å². The average molecular weight is 326 g/mol. The molecule has 0 bridgehead atoms. The van der Waals surface area contributed by atoms with Crippen molar-refractivity contribution in [3.8, 4) is 12.3 Å². The molecule has 1 unspecified atom stereocenters. The minimum Gasteiger partial charge on any atom is -0.370 e. The summed E-state index contributed by atoms with van der Waals surface area (Å²) in [5, 5.41) is 3.18. The molecule has 0 amide bonds. The molecule has 0 aromatic heterocycles. The topological polar surface area (TPSA) is 53.6 Å². The minimum atomic E-state index is -0.112. The van der Waals surface area contributed by atoms with Gasteiger partial charge in [0.2, 0.25) is 0 Å². The maximum atomic E-state index is 6.07. The van der Waals surface area contributed by atoms with Crippen LogP contribution in [0.2, 0.25) is 0 Å². The molecule has 1 atom stereocenters. The van der Waals surface area contributed by atoms with Gasteiger partial charge in [0.1, 0.15) is 0 Å². The number of terminal acetylenes is 1. The van der Waals surface area contributed by atoms with Crippen LogP contribution in [-0.4, -0.2) is 36.0 Å². The molecule has 4 heteroatoms. The van der Waals surface area contributed by atoms with E-state index in [4.69, 9.17) is 12.2 Å². The first-order valence-corrected chi connectivity index (χ1v) is 8.70. The molecule has 1 aromatic carbocycles. The van der Waals surface area contributed by atoms with E-state index in [-0.39, 0.29) is 17.5 Å². The maximum absolute atomic E-state index is 6.07. The number of rotatable bonds is 4. The standard InChI is InChI=1S/C20H30N4/c1-5-18(20(2,3)4)23-19(21)22-17-11-13-24(14-12-17)15-16-9-7-6-8-10-16/h1,6-10,17-18H,11-15H2,2-4H3,(H3,21,22,23). The summed E-state index contributed by atoms with van der Waals surface area (Å²) in [7, 11) is 0. The van der Waals surface area contributed by atoms with Crippen LogP contribution in [0.25, 0.3) is 0 Å². The Morgan fingerprint density at radius 2 is 1.96 bits per heavy atom. The van der Waals surface area contributed by atoms with Crippen molar-refractivity contribution in [2.75, 3.05) is 13.1 Å². The van der Waals surface area contributed by atoms with Crippen molar-refractivity contribution in [3.63, 3.8) is 0 Å². The largest absolute Gasteiger partial charge is 0.370 e. The quantitative estimate of drug-likeness (QED) is 0.508. The summed E-state index contributed by atoms with van der Waals surface area (Å²) in [6, 6.07) is 10.8. The Bertz CT molecular complexity index is 572. The third-order valence-corrected chi connectivity index (χ3v) is 4.45. The van der Waals surface area contributed by atoms with Gasteiger partial charge in [0.05, 0.1) is 12.1 Å². The van der Waals surface area contributed by atoms with E-state index in [1.807, 2.05) is 0 Å². The van der Waals surface area contributed by atoms with E-state index in [0.29, 0.717) is 5.96 Å². The Morgan fingerprint density at radius 3 is 2.50 bits per heavy atom. The smallest absolute Gasteiger partial charge is 0.189 e. The number of aliphatic imine (C=N–C) groups is 1. The Hall–Kier alpha value is -1.99. The van der Waals surface area contributed by atoms with Gasteiger partial charge in [-0.3, -0.25) is 9.89 Å². The lowest BCUT2D eigenvalue weighted by Crippen LogP contribution is -2.47. The Labute approximate surface area is 146 Å². The van der Waals surface area contributed by atoms with E-state index >= 15 is 0 Å². The molecule has 1 saturated heterocycles. The van der Waals surface area contributed by atoms with E-state index in [1.54, 1.807) is 0 Å². The minimum absolute atomic E-state index is 0.0477. The van der Waals surface area contributed by atoms with Gasteiger partial charge in [0.15, 0.2) is 5.96 Å². The van der Waals surface area contributed by atoms with E-state index in [9.17, 15) is 0 Å². The first kappa shape index (κ1) is 18.4. The predicted molar refractivity (Wildman–Crippen MR) is 102 cm³/mol. The van der Waals surface area contributed by atoms with Gasteiger partial charge in [-0.2, -0.15) is 0 Å². The molecule has 3 N–H and O–H groups in total. The fraction of sp³-hybridized carbons (Fsp3) is 0.550. The van der Waals surface area contributed by atoms with Gasteiger partial charge in [0.25, 0.3) is 0 Å². The highest BCUT2D eigenvalue weighted by Crippen LogP contribution is 2.19. The van der Waals surface area contributed by atoms with Gasteiger partial charge in [-0.05, 0) is 23.8 Å². The molecule has 0 spiro atoms. The Kier molecular flexibility index (Phi) is 6.28. The van der Waals surface area contributed by atoms with Gasteiger partial charge >= 0.3 is 0 Å². The van der Waals surface area contributed by atoms with Gasteiger partial charge < -0.3 is 11.1 Å². The van der Waals surface area contributed by atoms with Crippen molar-refractivity contribution < 1.29 is 0 Å². The number of hydrogen-bond donors (Lipinski definition) is 2. The third-order valence-electron chi connectivity index (χ3n) is 4.45. The summed E-state index contributed by atoms with van der Waals surface area (Å²) in [6.07, 6.45) is 7.67. The number of nitrogens with one attached hydrogen (secondary N) is 1. The van der Waals surface area contributed by atoms with Gasteiger partial charge in [-0.1, -0.05) is 57.0 Å². The van der Waals surface area contributed by atoms with Crippen molar-refractivity contribution in [1.82, 2.24) is 10.2 Å². The van der Waals surface area contributed by atoms with Crippen molar-refractivity contribution in [3.05, 3.63) is 35.9 Å². The summed E-state index contributed by atoms with van der Waals surface area (Å²) in [4.78, 5) is 7.12. The highest BCUT2D eigenvalue weighted by atomic mass is 15.2. The monoisotopic (exact) mass is 326 g/mol. The molecule has 1 heterocycles. The Balaban J connectivity index is 1.82. The van der Waals surface area contributed by atoms with Crippen molar-refractivity contribution >= 4 is 5.96 Å². The zero-order valence-electron chi connectivity index (χ0n) is 15.1. The Morgan fingerprint density at radius 1 is 1.33 bits per heavy atom. The van der Waals surface area contributed by atoms with Crippen LogP contribution >= 0.6 is 0 Å². The van der Waals surface area contributed by atoms with E-state index in [1.165, 1.54) is 5.56 Å². The summed E-state index contributed by atoms with van der Waals surface area (Å²) >= 11 is 0. The van der Waals surface area contributed by atoms with Crippen molar-refractivity contribution in [1.29, 1.82) is 0 Å². The molecule has 1 aliphatic rings. The average Bonchev–Trinajstić information content (AvgIpc) is 2.54. The number of benzene rings is 1. The van der Waals surface area contributed by atoms with Gasteiger partial charge in [-0.15, -0.1) is 6.42 Å². The highest BCUT2D eigenvalue weighted by Gasteiger charge is 2.24. The number of likely N-dealkylation sites (tertiary alicyclic amines) is 1. The summed E-state index contributed by atoms with van der Waals surface area (Å²) in [6.45, 7) is 9.40. The summed E-state index contributed by atoms with van der Waals surface area (Å²) in [5.41, 5.74) is 7.38. The van der Waals surface area contributed by atoms with Crippen LogP contribution < -0.4 is 11.1 Å². The van der Waals surface area contributed by atoms with Crippen LogP contribution in [0.5, 0.6) is 0 Å². The van der Waals surface area contributed by atoms with Crippen LogP contribution in [0, 0.1) is 17.8 Å². The number of nitrogens with two attached hydrogens (primary N) is 1. The number of guanidine groups is 1. The summed E-state index contributed by atoms with van der Waals surface area (Å²) < 4.78 is 0. The number of piperidine rings is 1. The molecule has 1 aliphatic heterocycles. The molecular weight excluding hydrogens is 296 g/mol. The second-order valence-electron chi connectivity index (χ2n) is 7.62. The van der Waals surface area contributed by atoms with Crippen LogP contribution in [-0.2, 0) is 6.54 Å². The summed E-state index contributed by atoms with van der Waals surface area (Å²) in [5.74, 6) is 3.23. The van der Waals surface area contributed by atoms with Crippen molar-refractivity contribution in [2.24, 2.45) is 16.1 Å². The third kappa shape index (κ3) is 5.58. The number of hydrogen-bond acceptors (Lipinski definition) is 2. The lowest BCUT2D eigenvalue weighted by Gasteiger charge is -2.31. The van der Waals surface area contributed by atoms with Crippen molar-refractivity contribution in [2.45, 2.75) is 52.2 Å². The lowest BCUT2D eigenvalue weighted by atomic mass is 9.87. The highest BCUT2D eigenvalue weighted by molar-refractivity contribution is 5.78. The van der Waals surface area contributed by atoms with Crippen LogP contribution in [0.1, 0.15) is 39.2 Å². The molecular formula is C20H30N4. The van der Waals surface area contributed by atoms with E-state index in [2.05, 4.69) is 72.2 Å². The van der Waals surface area contributed by atoms with Gasteiger partial charge in [-0.25, -0.2) is 0 Å². The molecule has 1 aromatic rings. The second-order valence-corrected chi connectivity index (χ2v) is 7.62. The maximum Gasteiger partial charge on any atom is 0.189 e. The molecule has 0 radical (unpaired) electrons. The first-order valence-electron chi connectivity index (χ1n) is 8.70.